The van der Waals surface area contributed by atoms with Crippen molar-refractivity contribution >= 4 is 34.8 Å². The zero-order valence-corrected chi connectivity index (χ0v) is 17.4. The van der Waals surface area contributed by atoms with Crippen molar-refractivity contribution in [1.29, 1.82) is 0 Å². The highest BCUT2D eigenvalue weighted by Crippen LogP contribution is 2.18. The number of carbonyl (C=O) groups is 3. The minimum atomic E-state index is -0.358. The van der Waals surface area contributed by atoms with Crippen LogP contribution in [0, 0.1) is 0 Å². The molecule has 0 spiro atoms. The van der Waals surface area contributed by atoms with E-state index in [-0.39, 0.29) is 17.7 Å². The lowest BCUT2D eigenvalue weighted by Crippen LogP contribution is -2.15. The van der Waals surface area contributed by atoms with E-state index in [9.17, 15) is 14.4 Å². The normalized spacial score (nSPS) is 10.2. The first-order valence-electron chi connectivity index (χ1n) is 10.0. The maximum absolute atomic E-state index is 12.7. The Morgan fingerprint density at radius 1 is 0.515 bits per heavy atom. The third-order valence-corrected chi connectivity index (χ3v) is 4.61. The van der Waals surface area contributed by atoms with Crippen LogP contribution in [0.15, 0.2) is 97.6 Å². The van der Waals surface area contributed by atoms with Crippen molar-refractivity contribution in [3.05, 3.63) is 114 Å². The van der Waals surface area contributed by atoms with Crippen LogP contribution in [-0.2, 0) is 0 Å². The Morgan fingerprint density at radius 2 is 0.939 bits per heavy atom. The van der Waals surface area contributed by atoms with Crippen LogP contribution in [0.2, 0.25) is 0 Å². The molecule has 2 aromatic carbocycles. The lowest BCUT2D eigenvalue weighted by atomic mass is 10.1. The second-order valence-corrected chi connectivity index (χ2v) is 7.01. The molecule has 4 aromatic rings. The molecule has 0 bridgehead atoms. The van der Waals surface area contributed by atoms with Crippen LogP contribution < -0.4 is 16.0 Å². The summed E-state index contributed by atoms with van der Waals surface area (Å²) in [6.07, 6.45) is 6.11. The van der Waals surface area contributed by atoms with E-state index < -0.39 is 0 Å². The monoisotopic (exact) mass is 437 g/mol. The molecule has 3 N–H and O–H groups in total. The highest BCUT2D eigenvalue weighted by atomic mass is 16.2. The van der Waals surface area contributed by atoms with Gasteiger partial charge in [-0.15, -0.1) is 0 Å². The van der Waals surface area contributed by atoms with Crippen LogP contribution in [0.25, 0.3) is 0 Å². The number of amides is 3. The quantitative estimate of drug-likeness (QED) is 0.418. The van der Waals surface area contributed by atoms with E-state index in [2.05, 4.69) is 25.9 Å². The number of benzene rings is 2. The minimum absolute atomic E-state index is 0.302. The number of nitrogens with one attached hydrogen (secondary N) is 3. The summed E-state index contributed by atoms with van der Waals surface area (Å²) in [4.78, 5) is 45.3. The number of pyridine rings is 2. The molecular weight excluding hydrogens is 418 g/mol. The number of hydrogen-bond donors (Lipinski definition) is 3. The van der Waals surface area contributed by atoms with Crippen molar-refractivity contribution in [2.75, 3.05) is 16.0 Å². The fourth-order valence-electron chi connectivity index (χ4n) is 3.02. The second-order valence-electron chi connectivity index (χ2n) is 7.01. The number of rotatable bonds is 6. The average molecular weight is 437 g/mol. The molecule has 0 saturated heterocycles. The molecule has 0 fully saturated rings. The second kappa shape index (κ2) is 9.97. The predicted octanol–water partition coefficient (Wildman–Crippen LogP) is 4.23. The summed E-state index contributed by atoms with van der Waals surface area (Å²) in [6.45, 7) is 0. The molecule has 0 aliphatic rings. The van der Waals surface area contributed by atoms with Crippen molar-refractivity contribution in [2.45, 2.75) is 0 Å². The maximum atomic E-state index is 12.7. The van der Waals surface area contributed by atoms with E-state index in [1.54, 1.807) is 85.2 Å². The third kappa shape index (κ3) is 5.65. The average Bonchev–Trinajstić information content (AvgIpc) is 2.85. The van der Waals surface area contributed by atoms with Gasteiger partial charge in [0.05, 0.1) is 11.1 Å². The molecule has 8 heteroatoms. The predicted molar refractivity (Wildman–Crippen MR) is 125 cm³/mol. The molecule has 0 radical (unpaired) electrons. The van der Waals surface area contributed by atoms with E-state index in [0.717, 1.165) is 0 Å². The lowest BCUT2D eigenvalue weighted by Gasteiger charge is -2.10. The van der Waals surface area contributed by atoms with Crippen LogP contribution in [0.3, 0.4) is 0 Å². The van der Waals surface area contributed by atoms with Gasteiger partial charge in [-0.3, -0.25) is 24.4 Å². The fraction of sp³-hybridized carbons (Fsp3) is 0. The van der Waals surface area contributed by atoms with Gasteiger partial charge in [-0.05, 0) is 60.7 Å². The van der Waals surface area contributed by atoms with E-state index in [1.807, 2.05) is 0 Å². The number of aromatic nitrogens is 2. The zero-order valence-electron chi connectivity index (χ0n) is 17.4. The van der Waals surface area contributed by atoms with Gasteiger partial charge >= 0.3 is 0 Å². The summed E-state index contributed by atoms with van der Waals surface area (Å²) in [7, 11) is 0. The van der Waals surface area contributed by atoms with Gasteiger partial charge in [0.25, 0.3) is 17.7 Å². The molecule has 0 atom stereocenters. The first kappa shape index (κ1) is 21.4. The smallest absolute Gasteiger partial charge is 0.257 e. The Bertz CT molecular complexity index is 1290. The summed E-state index contributed by atoms with van der Waals surface area (Å²) >= 11 is 0. The molecule has 0 aliphatic heterocycles. The summed E-state index contributed by atoms with van der Waals surface area (Å²) in [6, 6.07) is 20.1. The van der Waals surface area contributed by atoms with Crippen LogP contribution in [0.5, 0.6) is 0 Å². The van der Waals surface area contributed by atoms with Crippen molar-refractivity contribution in [3.8, 4) is 0 Å². The van der Waals surface area contributed by atoms with Crippen molar-refractivity contribution in [3.63, 3.8) is 0 Å². The molecule has 0 unspecified atom stereocenters. The van der Waals surface area contributed by atoms with Gasteiger partial charge in [-0.2, -0.15) is 0 Å². The van der Waals surface area contributed by atoms with E-state index >= 15 is 0 Å². The first-order chi connectivity index (χ1) is 16.1. The van der Waals surface area contributed by atoms with Crippen LogP contribution >= 0.6 is 0 Å². The molecule has 2 aromatic heterocycles. The Labute approximate surface area is 189 Å². The third-order valence-electron chi connectivity index (χ3n) is 4.61. The van der Waals surface area contributed by atoms with Gasteiger partial charge < -0.3 is 16.0 Å². The SMILES string of the molecule is O=C(Nc1cccc(NC(=O)c2cccc(NC(=O)c3cccnc3)c2)c1)c1cccnc1. The highest BCUT2D eigenvalue weighted by Gasteiger charge is 2.11. The maximum Gasteiger partial charge on any atom is 0.257 e. The van der Waals surface area contributed by atoms with Gasteiger partial charge in [0.15, 0.2) is 0 Å². The van der Waals surface area contributed by atoms with Gasteiger partial charge in [0, 0.05) is 47.4 Å². The molecule has 2 heterocycles. The molecule has 3 amide bonds. The van der Waals surface area contributed by atoms with E-state index in [1.165, 1.54) is 12.4 Å². The van der Waals surface area contributed by atoms with Gasteiger partial charge in [-0.1, -0.05) is 12.1 Å². The Balaban J connectivity index is 1.42. The zero-order chi connectivity index (χ0) is 23.0. The van der Waals surface area contributed by atoms with Crippen molar-refractivity contribution < 1.29 is 14.4 Å². The summed E-state index contributed by atoms with van der Waals surface area (Å²) < 4.78 is 0. The van der Waals surface area contributed by atoms with Gasteiger partial charge in [0.1, 0.15) is 0 Å². The van der Waals surface area contributed by atoms with Gasteiger partial charge in [-0.25, -0.2) is 0 Å². The molecule has 0 aliphatic carbocycles. The standard InChI is InChI=1S/C25H19N5O3/c31-23(17-5-1-8-20(13-17)28-24(32)18-6-3-11-26-15-18)29-21-9-2-10-22(14-21)30-25(33)19-7-4-12-27-16-19/h1-16H,(H,28,32)(H,29,31)(H,30,33). The van der Waals surface area contributed by atoms with Crippen LogP contribution in [0.4, 0.5) is 17.1 Å². The molecule has 162 valence electrons. The Morgan fingerprint density at radius 3 is 1.42 bits per heavy atom. The van der Waals surface area contributed by atoms with Crippen molar-refractivity contribution in [2.24, 2.45) is 0 Å². The lowest BCUT2D eigenvalue weighted by molar-refractivity contribution is 0.101. The fourth-order valence-corrected chi connectivity index (χ4v) is 3.02. The number of anilines is 3. The topological polar surface area (TPSA) is 113 Å². The Kier molecular flexibility index (Phi) is 6.46. The molecule has 0 saturated carbocycles. The number of nitrogens with zero attached hydrogens (tertiary/aromatic N) is 2. The Hall–Kier alpha value is -4.85. The van der Waals surface area contributed by atoms with E-state index in [4.69, 9.17) is 0 Å². The number of hydrogen-bond acceptors (Lipinski definition) is 5. The summed E-state index contributed by atoms with van der Waals surface area (Å²) in [5.74, 6) is -0.982. The summed E-state index contributed by atoms with van der Waals surface area (Å²) in [5.41, 5.74) is 2.72. The molecular formula is C25H19N5O3. The number of carbonyl (C=O) groups excluding carboxylic acids is 3. The largest absolute Gasteiger partial charge is 0.322 e. The highest BCUT2D eigenvalue weighted by molar-refractivity contribution is 6.08. The first-order valence-corrected chi connectivity index (χ1v) is 10.0. The van der Waals surface area contributed by atoms with Crippen LogP contribution in [-0.4, -0.2) is 27.7 Å². The molecule has 8 nitrogen and oxygen atoms in total. The van der Waals surface area contributed by atoms with E-state index in [0.29, 0.717) is 33.8 Å². The summed E-state index contributed by atoms with van der Waals surface area (Å²) in [5, 5.41) is 8.33. The minimum Gasteiger partial charge on any atom is -0.322 e. The molecule has 33 heavy (non-hydrogen) atoms. The van der Waals surface area contributed by atoms with Gasteiger partial charge in [0.2, 0.25) is 0 Å². The molecule has 4 rings (SSSR count). The van der Waals surface area contributed by atoms with Crippen LogP contribution in [0.1, 0.15) is 31.1 Å². The van der Waals surface area contributed by atoms with Crippen molar-refractivity contribution in [1.82, 2.24) is 9.97 Å².